The van der Waals surface area contributed by atoms with Crippen molar-refractivity contribution in [1.29, 1.82) is 0 Å². The van der Waals surface area contributed by atoms with Gasteiger partial charge in [0.25, 0.3) is 5.56 Å². The molecule has 88 valence electrons. The first-order valence-corrected chi connectivity index (χ1v) is 5.03. The molecule has 2 aromatic rings. The van der Waals surface area contributed by atoms with Gasteiger partial charge in [-0.15, -0.1) is 10.2 Å². The second-order valence-corrected chi connectivity index (χ2v) is 3.61. The maximum absolute atomic E-state index is 11.8. The van der Waals surface area contributed by atoms with Crippen molar-refractivity contribution >= 4 is 23.2 Å². The zero-order valence-electron chi connectivity index (χ0n) is 8.77. The largest absolute Gasteiger partial charge is 0.320 e. The number of nitrogens with zero attached hydrogens (tertiary/aromatic N) is 3. The summed E-state index contributed by atoms with van der Waals surface area (Å²) in [6.07, 6.45) is 1.38. The molecule has 2 N–H and O–H groups in total. The number of hydrogen-bond acceptors (Lipinski definition) is 4. The van der Waals surface area contributed by atoms with E-state index >= 15 is 0 Å². The Morgan fingerprint density at radius 3 is 2.82 bits per heavy atom. The van der Waals surface area contributed by atoms with Gasteiger partial charge in [-0.3, -0.25) is 14.7 Å². The van der Waals surface area contributed by atoms with Gasteiger partial charge in [0.15, 0.2) is 11.0 Å². The summed E-state index contributed by atoms with van der Waals surface area (Å²) in [6.45, 7) is 1.32. The van der Waals surface area contributed by atoms with Gasteiger partial charge in [-0.05, 0) is 12.1 Å². The standard InChI is InChI=1S/C9H8ClN5O2/c1-5(16)12-6-4-11-15(9(6)17)8-3-2-7(10)13-14-8/h2-4,11H,1H3,(H,12,16). The van der Waals surface area contributed by atoms with Gasteiger partial charge in [0, 0.05) is 13.1 Å². The summed E-state index contributed by atoms with van der Waals surface area (Å²) in [6, 6.07) is 3.04. The van der Waals surface area contributed by atoms with Crippen molar-refractivity contribution in [3.8, 4) is 5.82 Å². The maximum atomic E-state index is 11.8. The molecule has 2 heterocycles. The predicted octanol–water partition coefficient (Wildman–Crippen LogP) is 0.567. The summed E-state index contributed by atoms with van der Waals surface area (Å²) in [4.78, 5) is 22.6. The van der Waals surface area contributed by atoms with Crippen LogP contribution in [0.25, 0.3) is 5.82 Å². The lowest BCUT2D eigenvalue weighted by Crippen LogP contribution is -2.20. The Kier molecular flexibility index (Phi) is 2.92. The van der Waals surface area contributed by atoms with E-state index in [1.807, 2.05) is 0 Å². The van der Waals surface area contributed by atoms with E-state index in [2.05, 4.69) is 20.6 Å². The Morgan fingerprint density at radius 1 is 1.47 bits per heavy atom. The number of rotatable bonds is 2. The van der Waals surface area contributed by atoms with E-state index in [-0.39, 0.29) is 22.6 Å². The Balaban J connectivity index is 2.40. The molecule has 0 unspecified atom stereocenters. The van der Waals surface area contributed by atoms with E-state index in [0.29, 0.717) is 0 Å². The molecule has 0 spiro atoms. The molecule has 0 aromatic carbocycles. The SMILES string of the molecule is CC(=O)Nc1c[nH]n(-c2ccc(Cl)nn2)c1=O. The van der Waals surface area contributed by atoms with Crippen molar-refractivity contribution in [2.75, 3.05) is 5.32 Å². The highest BCUT2D eigenvalue weighted by Gasteiger charge is 2.09. The molecule has 0 saturated carbocycles. The van der Waals surface area contributed by atoms with E-state index in [0.717, 1.165) is 4.68 Å². The van der Waals surface area contributed by atoms with Crippen LogP contribution >= 0.6 is 11.6 Å². The third-order valence-electron chi connectivity index (χ3n) is 1.93. The lowest BCUT2D eigenvalue weighted by atomic mass is 10.5. The van der Waals surface area contributed by atoms with Crippen LogP contribution in [-0.2, 0) is 4.79 Å². The molecule has 0 radical (unpaired) electrons. The van der Waals surface area contributed by atoms with E-state index in [1.165, 1.54) is 25.3 Å². The lowest BCUT2D eigenvalue weighted by molar-refractivity contribution is -0.114. The Hall–Kier alpha value is -2.15. The molecule has 2 rings (SSSR count). The number of nitrogens with one attached hydrogen (secondary N) is 2. The molecule has 0 fully saturated rings. The molecule has 8 heteroatoms. The van der Waals surface area contributed by atoms with Crippen molar-refractivity contribution in [2.45, 2.75) is 6.92 Å². The number of carbonyl (C=O) groups excluding carboxylic acids is 1. The molecule has 0 aliphatic heterocycles. The van der Waals surface area contributed by atoms with Gasteiger partial charge in [0.2, 0.25) is 5.91 Å². The van der Waals surface area contributed by atoms with Crippen molar-refractivity contribution < 1.29 is 4.79 Å². The fourth-order valence-electron chi connectivity index (χ4n) is 1.25. The quantitative estimate of drug-likeness (QED) is 0.818. The summed E-state index contributed by atoms with van der Waals surface area (Å²) in [7, 11) is 0. The van der Waals surface area contributed by atoms with Gasteiger partial charge in [0.05, 0.1) is 0 Å². The fourth-order valence-corrected chi connectivity index (χ4v) is 1.35. The van der Waals surface area contributed by atoms with E-state index in [9.17, 15) is 9.59 Å². The molecular weight excluding hydrogens is 246 g/mol. The van der Waals surface area contributed by atoms with Crippen molar-refractivity contribution in [3.63, 3.8) is 0 Å². The van der Waals surface area contributed by atoms with Crippen LogP contribution in [0.3, 0.4) is 0 Å². The molecule has 0 atom stereocenters. The summed E-state index contributed by atoms with van der Waals surface area (Å²) < 4.78 is 1.15. The zero-order valence-corrected chi connectivity index (χ0v) is 9.52. The summed E-state index contributed by atoms with van der Waals surface area (Å²) in [5, 5.41) is 12.6. The van der Waals surface area contributed by atoms with Crippen LogP contribution in [0.1, 0.15) is 6.92 Å². The van der Waals surface area contributed by atoms with Crippen LogP contribution < -0.4 is 10.9 Å². The van der Waals surface area contributed by atoms with E-state index in [4.69, 9.17) is 11.6 Å². The lowest BCUT2D eigenvalue weighted by Gasteiger charge is -1.98. The van der Waals surface area contributed by atoms with Crippen LogP contribution in [0, 0.1) is 0 Å². The molecule has 7 nitrogen and oxygen atoms in total. The highest BCUT2D eigenvalue weighted by Crippen LogP contribution is 2.05. The minimum atomic E-state index is -0.420. The van der Waals surface area contributed by atoms with Crippen LogP contribution in [0.2, 0.25) is 5.15 Å². The summed E-state index contributed by atoms with van der Waals surface area (Å²) >= 11 is 5.58. The van der Waals surface area contributed by atoms with Crippen molar-refractivity contribution in [1.82, 2.24) is 20.0 Å². The second-order valence-electron chi connectivity index (χ2n) is 3.22. The van der Waals surface area contributed by atoms with E-state index in [1.54, 1.807) is 0 Å². The number of carbonyl (C=O) groups is 1. The zero-order chi connectivity index (χ0) is 12.4. The molecule has 17 heavy (non-hydrogen) atoms. The number of halogens is 1. The number of anilines is 1. The Labute approximate surface area is 100 Å². The number of H-pyrrole nitrogens is 1. The minimum Gasteiger partial charge on any atom is -0.320 e. The number of aromatic nitrogens is 4. The number of hydrogen-bond donors (Lipinski definition) is 2. The average molecular weight is 254 g/mol. The molecule has 2 aromatic heterocycles. The molecule has 0 aliphatic carbocycles. The molecule has 1 amide bonds. The van der Waals surface area contributed by atoms with Crippen LogP contribution in [-0.4, -0.2) is 25.9 Å². The van der Waals surface area contributed by atoms with Crippen molar-refractivity contribution in [2.24, 2.45) is 0 Å². The summed E-state index contributed by atoms with van der Waals surface area (Å²) in [5.74, 6) is -0.0357. The maximum Gasteiger partial charge on any atom is 0.296 e. The topological polar surface area (TPSA) is 92.7 Å². The summed E-state index contributed by atoms with van der Waals surface area (Å²) in [5.41, 5.74) is -0.272. The average Bonchev–Trinajstić information content (AvgIpc) is 2.61. The second kappa shape index (κ2) is 4.38. The van der Waals surface area contributed by atoms with Crippen LogP contribution in [0.4, 0.5) is 5.69 Å². The van der Waals surface area contributed by atoms with Crippen LogP contribution in [0.15, 0.2) is 23.1 Å². The van der Waals surface area contributed by atoms with Gasteiger partial charge in [-0.25, -0.2) is 0 Å². The Bertz CT molecular complexity index is 601. The highest BCUT2D eigenvalue weighted by molar-refractivity contribution is 6.29. The smallest absolute Gasteiger partial charge is 0.296 e. The molecule has 0 saturated heterocycles. The predicted molar refractivity (Wildman–Crippen MR) is 61.3 cm³/mol. The van der Waals surface area contributed by atoms with Gasteiger partial charge in [0.1, 0.15) is 5.69 Å². The monoisotopic (exact) mass is 253 g/mol. The van der Waals surface area contributed by atoms with Crippen molar-refractivity contribution in [3.05, 3.63) is 33.8 Å². The Morgan fingerprint density at radius 2 is 2.24 bits per heavy atom. The number of aromatic amines is 1. The highest BCUT2D eigenvalue weighted by atomic mass is 35.5. The molecular formula is C9H8ClN5O2. The van der Waals surface area contributed by atoms with E-state index < -0.39 is 5.56 Å². The van der Waals surface area contributed by atoms with Gasteiger partial charge in [-0.1, -0.05) is 11.6 Å². The third-order valence-corrected chi connectivity index (χ3v) is 2.13. The third kappa shape index (κ3) is 2.34. The van der Waals surface area contributed by atoms with Gasteiger partial charge >= 0.3 is 0 Å². The first-order valence-electron chi connectivity index (χ1n) is 4.65. The molecule has 0 aliphatic rings. The number of amides is 1. The van der Waals surface area contributed by atoms with Gasteiger partial charge in [-0.2, -0.15) is 4.68 Å². The van der Waals surface area contributed by atoms with Crippen LogP contribution in [0.5, 0.6) is 0 Å². The fraction of sp³-hybridized carbons (Fsp3) is 0.111. The van der Waals surface area contributed by atoms with Gasteiger partial charge < -0.3 is 5.32 Å². The first-order chi connectivity index (χ1) is 8.08. The normalized spacial score (nSPS) is 10.2. The first kappa shape index (κ1) is 11.3. The minimum absolute atomic E-state index is 0.147. The molecule has 0 bridgehead atoms.